The summed E-state index contributed by atoms with van der Waals surface area (Å²) in [7, 11) is 1.38. The van der Waals surface area contributed by atoms with E-state index in [1.54, 1.807) is 17.0 Å². The Morgan fingerprint density at radius 1 is 1.42 bits per heavy atom. The van der Waals surface area contributed by atoms with Gasteiger partial charge < -0.3 is 21.1 Å². The smallest absolute Gasteiger partial charge is 0.255 e. The van der Waals surface area contributed by atoms with Crippen molar-refractivity contribution in [2.24, 2.45) is 5.73 Å². The van der Waals surface area contributed by atoms with Crippen molar-refractivity contribution in [2.75, 3.05) is 25.9 Å². The lowest BCUT2D eigenvalue weighted by Crippen LogP contribution is -2.27. The molecule has 2 aromatic rings. The minimum atomic E-state index is -0.787. The first kappa shape index (κ1) is 21.9. The van der Waals surface area contributed by atoms with Crippen molar-refractivity contribution in [3.8, 4) is 17.6 Å². The second-order valence-electron chi connectivity index (χ2n) is 7.11. The molecule has 31 heavy (non-hydrogen) atoms. The zero-order valence-corrected chi connectivity index (χ0v) is 17.4. The zero-order valence-electron chi connectivity index (χ0n) is 17.4. The minimum Gasteiger partial charge on any atom is -0.494 e. The molecule has 1 atom stereocenters. The molecule has 1 fully saturated rings. The molecule has 1 aromatic carbocycles. The van der Waals surface area contributed by atoms with Crippen molar-refractivity contribution in [1.29, 1.82) is 0 Å². The Hall–Kier alpha value is -3.80. The second-order valence-corrected chi connectivity index (χ2v) is 7.11. The summed E-state index contributed by atoms with van der Waals surface area (Å²) >= 11 is 0. The lowest BCUT2D eigenvalue weighted by atomic mass is 10.1. The monoisotopic (exact) mass is 425 g/mol. The topological polar surface area (TPSA) is 116 Å². The second kappa shape index (κ2) is 8.92. The summed E-state index contributed by atoms with van der Waals surface area (Å²) < 4.78 is 21.2. The summed E-state index contributed by atoms with van der Waals surface area (Å²) in [5.74, 6) is 4.02. The molecule has 4 N–H and O–H groups in total. The van der Waals surface area contributed by atoms with Gasteiger partial charge in [0.1, 0.15) is 11.4 Å². The van der Waals surface area contributed by atoms with Crippen LogP contribution in [-0.2, 0) is 11.2 Å². The van der Waals surface area contributed by atoms with Crippen molar-refractivity contribution in [2.45, 2.75) is 25.8 Å². The molecule has 2 amide bonds. The maximum Gasteiger partial charge on any atom is 0.255 e. The van der Waals surface area contributed by atoms with E-state index >= 15 is 0 Å². The van der Waals surface area contributed by atoms with E-state index in [9.17, 15) is 14.0 Å². The van der Waals surface area contributed by atoms with Gasteiger partial charge in [-0.1, -0.05) is 19.4 Å². The standard InChI is InChI=1S/C22H24FN5O3/c1-4-13-10-14(20(23)17(11-13)31-3)6-7-16-19(22(25)30)21(24)28(26-16)15-8-9-27(12-15)18(29)5-2/h5,10-11,15H,2,4,8-9,12,24H2,1,3H3,(H2,25,30)/t15-/m0/s1. The van der Waals surface area contributed by atoms with Gasteiger partial charge in [0, 0.05) is 13.1 Å². The molecule has 1 aromatic heterocycles. The van der Waals surface area contributed by atoms with Crippen LogP contribution in [0.1, 0.15) is 46.6 Å². The molecule has 1 aliphatic rings. The molecule has 0 bridgehead atoms. The summed E-state index contributed by atoms with van der Waals surface area (Å²) in [6.07, 6.45) is 2.51. The van der Waals surface area contributed by atoms with Crippen molar-refractivity contribution in [3.63, 3.8) is 0 Å². The fourth-order valence-electron chi connectivity index (χ4n) is 3.55. The van der Waals surface area contributed by atoms with Crippen LogP contribution in [0.25, 0.3) is 0 Å². The first-order valence-corrected chi connectivity index (χ1v) is 9.78. The number of amides is 2. The molecule has 8 nitrogen and oxygen atoms in total. The number of nitrogen functional groups attached to an aromatic ring is 1. The molecular formula is C22H24FN5O3. The fraction of sp³-hybridized carbons (Fsp3) is 0.318. The van der Waals surface area contributed by atoms with Crippen LogP contribution in [0.2, 0.25) is 0 Å². The van der Waals surface area contributed by atoms with Crippen molar-refractivity contribution < 1.29 is 18.7 Å². The van der Waals surface area contributed by atoms with Gasteiger partial charge in [-0.05, 0) is 42.5 Å². The van der Waals surface area contributed by atoms with E-state index in [0.29, 0.717) is 25.9 Å². The van der Waals surface area contributed by atoms with E-state index < -0.39 is 11.7 Å². The van der Waals surface area contributed by atoms with E-state index in [1.165, 1.54) is 17.9 Å². The Morgan fingerprint density at radius 3 is 2.77 bits per heavy atom. The summed E-state index contributed by atoms with van der Waals surface area (Å²) in [5.41, 5.74) is 12.6. The molecule has 0 radical (unpaired) electrons. The number of nitrogens with zero attached hydrogens (tertiary/aromatic N) is 3. The van der Waals surface area contributed by atoms with Gasteiger partial charge in [0.2, 0.25) is 5.91 Å². The molecule has 2 heterocycles. The van der Waals surface area contributed by atoms with Gasteiger partial charge in [0.25, 0.3) is 5.91 Å². The van der Waals surface area contributed by atoms with Crippen LogP contribution in [0.4, 0.5) is 10.2 Å². The van der Waals surface area contributed by atoms with Gasteiger partial charge in [-0.2, -0.15) is 5.10 Å². The fourth-order valence-corrected chi connectivity index (χ4v) is 3.55. The summed E-state index contributed by atoms with van der Waals surface area (Å²) in [5, 5.41) is 4.36. The third-order valence-electron chi connectivity index (χ3n) is 5.23. The van der Waals surface area contributed by atoms with E-state index in [0.717, 1.165) is 5.56 Å². The van der Waals surface area contributed by atoms with Crippen LogP contribution in [0.3, 0.4) is 0 Å². The van der Waals surface area contributed by atoms with Crippen LogP contribution in [0.15, 0.2) is 24.8 Å². The van der Waals surface area contributed by atoms with Gasteiger partial charge in [0.15, 0.2) is 17.3 Å². The SMILES string of the molecule is C=CC(=O)N1CC[C@H](n2nc(C#Cc3cc(CC)cc(OC)c3F)c(C(N)=O)c2N)C1. The lowest BCUT2D eigenvalue weighted by molar-refractivity contribution is -0.125. The van der Waals surface area contributed by atoms with Crippen LogP contribution in [0.5, 0.6) is 5.75 Å². The summed E-state index contributed by atoms with van der Waals surface area (Å²) in [4.78, 5) is 25.5. The Labute approximate surface area is 179 Å². The van der Waals surface area contributed by atoms with Gasteiger partial charge >= 0.3 is 0 Å². The lowest BCUT2D eigenvalue weighted by Gasteiger charge is -2.15. The molecule has 1 aliphatic heterocycles. The van der Waals surface area contributed by atoms with Crippen molar-refractivity contribution >= 4 is 17.6 Å². The summed E-state index contributed by atoms with van der Waals surface area (Å²) in [6, 6.07) is 2.99. The number of nitrogens with two attached hydrogens (primary N) is 2. The highest BCUT2D eigenvalue weighted by molar-refractivity contribution is 5.99. The van der Waals surface area contributed by atoms with E-state index in [-0.39, 0.29) is 40.3 Å². The third kappa shape index (κ3) is 4.23. The predicted octanol–water partition coefficient (Wildman–Crippen LogP) is 1.63. The predicted molar refractivity (Wildman–Crippen MR) is 114 cm³/mol. The number of hydrogen-bond donors (Lipinski definition) is 2. The minimum absolute atomic E-state index is 0.0278. The third-order valence-corrected chi connectivity index (χ3v) is 5.23. The number of aryl methyl sites for hydroxylation is 1. The highest BCUT2D eigenvalue weighted by atomic mass is 19.1. The number of carbonyl (C=O) groups is 2. The molecule has 0 saturated carbocycles. The molecule has 0 spiro atoms. The number of hydrogen-bond acceptors (Lipinski definition) is 5. The number of aromatic nitrogens is 2. The number of methoxy groups -OCH3 is 1. The van der Waals surface area contributed by atoms with Crippen molar-refractivity contribution in [1.82, 2.24) is 14.7 Å². The number of ether oxygens (including phenoxy) is 1. The Kier molecular flexibility index (Phi) is 6.30. The molecule has 3 rings (SSSR count). The molecule has 1 saturated heterocycles. The van der Waals surface area contributed by atoms with Gasteiger partial charge in [-0.15, -0.1) is 0 Å². The van der Waals surface area contributed by atoms with Crippen LogP contribution < -0.4 is 16.2 Å². The Balaban J connectivity index is 2.01. The molecule has 0 unspecified atom stereocenters. The number of halogens is 1. The number of benzene rings is 1. The average Bonchev–Trinajstić information content (AvgIpc) is 3.36. The average molecular weight is 425 g/mol. The Morgan fingerprint density at radius 2 is 2.16 bits per heavy atom. The first-order chi connectivity index (χ1) is 14.8. The van der Waals surface area contributed by atoms with Crippen LogP contribution in [0, 0.1) is 17.7 Å². The number of likely N-dealkylation sites (tertiary alicyclic amines) is 1. The maximum atomic E-state index is 14.6. The van der Waals surface area contributed by atoms with Crippen molar-refractivity contribution in [3.05, 3.63) is 53.0 Å². The normalized spacial score (nSPS) is 15.3. The largest absolute Gasteiger partial charge is 0.494 e. The molecule has 162 valence electrons. The first-order valence-electron chi connectivity index (χ1n) is 9.78. The highest BCUT2D eigenvalue weighted by Crippen LogP contribution is 2.28. The quantitative estimate of drug-likeness (QED) is 0.558. The van der Waals surface area contributed by atoms with Gasteiger partial charge in [-0.25, -0.2) is 9.07 Å². The molecule has 9 heteroatoms. The maximum absolute atomic E-state index is 14.6. The number of primary amides is 1. The van der Waals surface area contributed by atoms with Gasteiger partial charge in [0.05, 0.1) is 18.7 Å². The van der Waals surface area contributed by atoms with Gasteiger partial charge in [-0.3, -0.25) is 9.59 Å². The summed E-state index contributed by atoms with van der Waals surface area (Å²) in [6.45, 7) is 6.30. The molecule has 0 aliphatic carbocycles. The van der Waals surface area contributed by atoms with Crippen LogP contribution in [-0.4, -0.2) is 46.7 Å². The van der Waals surface area contributed by atoms with E-state index in [1.807, 2.05) is 6.92 Å². The van der Waals surface area contributed by atoms with E-state index in [4.69, 9.17) is 16.2 Å². The van der Waals surface area contributed by atoms with E-state index in [2.05, 4.69) is 23.5 Å². The number of anilines is 1. The van der Waals surface area contributed by atoms with Crippen LogP contribution >= 0.6 is 0 Å². The number of carbonyl (C=O) groups excluding carboxylic acids is 2. The number of rotatable bonds is 5. The zero-order chi connectivity index (χ0) is 22.7. The highest BCUT2D eigenvalue weighted by Gasteiger charge is 2.30. The molecular weight excluding hydrogens is 401 g/mol. The Bertz CT molecular complexity index is 1110.